The van der Waals surface area contributed by atoms with Crippen LogP contribution in [0.5, 0.6) is 11.6 Å². The van der Waals surface area contributed by atoms with Gasteiger partial charge in [-0.25, -0.2) is 32.3 Å². The van der Waals surface area contributed by atoms with Crippen molar-refractivity contribution >= 4 is 29.1 Å². The number of ether oxygens (including phenoxy) is 1. The Morgan fingerprint density at radius 1 is 0.943 bits per heavy atom. The standard InChI is InChI=1S/C23H19F4N5O3/c1-23(26,27)15-8-13(4-6-16(15)24)30-22(34)31-14-5-7-18(17(25)9-14)35-20-10-19(28-11-29-20)32-21(33)12-2-3-12/h4-12H,2-3H2,1H3,(H2,30,31,34)(H,28,29,32,33). The zero-order valence-corrected chi connectivity index (χ0v) is 18.2. The van der Waals surface area contributed by atoms with Crippen LogP contribution in [0, 0.1) is 17.6 Å². The second kappa shape index (κ2) is 9.57. The van der Waals surface area contributed by atoms with Gasteiger partial charge in [-0.05, 0) is 43.2 Å². The lowest BCUT2D eigenvalue weighted by Crippen LogP contribution is -2.20. The monoisotopic (exact) mass is 489 g/mol. The van der Waals surface area contributed by atoms with Gasteiger partial charge in [-0.3, -0.25) is 4.79 Å². The van der Waals surface area contributed by atoms with Crippen molar-refractivity contribution in [3.63, 3.8) is 0 Å². The smallest absolute Gasteiger partial charge is 0.323 e. The molecule has 0 spiro atoms. The van der Waals surface area contributed by atoms with Crippen molar-refractivity contribution in [1.29, 1.82) is 0 Å². The molecule has 0 aliphatic heterocycles. The minimum Gasteiger partial charge on any atom is -0.436 e. The van der Waals surface area contributed by atoms with Crippen LogP contribution < -0.4 is 20.7 Å². The van der Waals surface area contributed by atoms with Gasteiger partial charge in [0.15, 0.2) is 11.6 Å². The molecule has 8 nitrogen and oxygen atoms in total. The highest BCUT2D eigenvalue weighted by atomic mass is 19.3. The first kappa shape index (κ1) is 23.9. The highest BCUT2D eigenvalue weighted by molar-refractivity contribution is 5.99. The number of anilines is 3. The van der Waals surface area contributed by atoms with E-state index < -0.39 is 29.2 Å². The number of rotatable bonds is 7. The van der Waals surface area contributed by atoms with Gasteiger partial charge in [-0.1, -0.05) is 0 Å². The average Bonchev–Trinajstić information content (AvgIpc) is 3.62. The summed E-state index contributed by atoms with van der Waals surface area (Å²) in [6.45, 7) is 0.536. The van der Waals surface area contributed by atoms with Crippen molar-refractivity contribution in [3.8, 4) is 11.6 Å². The summed E-state index contributed by atoms with van der Waals surface area (Å²) >= 11 is 0. The molecule has 35 heavy (non-hydrogen) atoms. The molecule has 3 amide bonds. The molecule has 0 atom stereocenters. The van der Waals surface area contributed by atoms with Gasteiger partial charge in [0.2, 0.25) is 11.8 Å². The number of hydrogen-bond donors (Lipinski definition) is 3. The normalized spacial score (nSPS) is 13.2. The summed E-state index contributed by atoms with van der Waals surface area (Å²) in [6.07, 6.45) is 2.80. The minimum absolute atomic E-state index is 0.0108. The SMILES string of the molecule is CC(F)(F)c1cc(NC(=O)Nc2ccc(Oc3cc(NC(=O)C4CC4)ncn3)c(F)c2)ccc1F. The number of nitrogens with zero attached hydrogens (tertiary/aromatic N) is 2. The lowest BCUT2D eigenvalue weighted by molar-refractivity contribution is -0.117. The minimum atomic E-state index is -3.44. The van der Waals surface area contributed by atoms with Crippen molar-refractivity contribution in [2.24, 2.45) is 5.92 Å². The van der Waals surface area contributed by atoms with Crippen molar-refractivity contribution in [2.45, 2.75) is 25.7 Å². The molecule has 0 saturated heterocycles. The summed E-state index contributed by atoms with van der Waals surface area (Å²) in [4.78, 5) is 31.8. The van der Waals surface area contributed by atoms with Gasteiger partial charge in [-0.15, -0.1) is 0 Å². The zero-order chi connectivity index (χ0) is 25.2. The van der Waals surface area contributed by atoms with E-state index in [1.807, 2.05) is 0 Å². The van der Waals surface area contributed by atoms with E-state index in [-0.39, 0.29) is 40.6 Å². The van der Waals surface area contributed by atoms with Crippen LogP contribution in [0.15, 0.2) is 48.8 Å². The number of aromatic nitrogens is 2. The fraction of sp³-hybridized carbons (Fsp3) is 0.217. The first-order valence-electron chi connectivity index (χ1n) is 10.4. The summed E-state index contributed by atoms with van der Waals surface area (Å²) in [5.74, 6) is -5.57. The van der Waals surface area contributed by atoms with Crippen molar-refractivity contribution in [3.05, 3.63) is 66.0 Å². The Labute approximate surface area is 196 Å². The summed E-state index contributed by atoms with van der Waals surface area (Å²) < 4.78 is 60.5. The number of carbonyl (C=O) groups excluding carboxylic acids is 2. The molecule has 1 aliphatic carbocycles. The second-order valence-electron chi connectivity index (χ2n) is 7.91. The topological polar surface area (TPSA) is 105 Å². The van der Waals surface area contributed by atoms with E-state index in [0.717, 1.165) is 43.4 Å². The lowest BCUT2D eigenvalue weighted by atomic mass is 10.1. The maximum atomic E-state index is 14.5. The first-order chi connectivity index (χ1) is 16.6. The van der Waals surface area contributed by atoms with Gasteiger partial charge in [0, 0.05) is 36.3 Å². The molecular formula is C23H19F4N5O3. The molecule has 0 unspecified atom stereocenters. The van der Waals surface area contributed by atoms with E-state index in [1.54, 1.807) is 0 Å². The van der Waals surface area contributed by atoms with Gasteiger partial charge in [0.05, 0.1) is 5.56 Å². The van der Waals surface area contributed by atoms with Crippen LogP contribution >= 0.6 is 0 Å². The number of halogens is 4. The average molecular weight is 489 g/mol. The maximum absolute atomic E-state index is 14.5. The van der Waals surface area contributed by atoms with E-state index in [0.29, 0.717) is 6.92 Å². The van der Waals surface area contributed by atoms with Gasteiger partial charge < -0.3 is 20.7 Å². The molecule has 1 fully saturated rings. The lowest BCUT2D eigenvalue weighted by Gasteiger charge is -2.14. The van der Waals surface area contributed by atoms with Gasteiger partial charge in [-0.2, -0.15) is 0 Å². The van der Waals surface area contributed by atoms with Crippen LogP contribution in [0.25, 0.3) is 0 Å². The Bertz CT molecular complexity index is 1280. The largest absolute Gasteiger partial charge is 0.436 e. The highest BCUT2D eigenvalue weighted by Crippen LogP contribution is 2.32. The quantitative estimate of drug-likeness (QED) is 0.372. The van der Waals surface area contributed by atoms with E-state index in [1.165, 1.54) is 18.2 Å². The van der Waals surface area contributed by atoms with Crippen molar-refractivity contribution < 1.29 is 31.9 Å². The van der Waals surface area contributed by atoms with E-state index in [9.17, 15) is 27.2 Å². The molecule has 3 aromatic rings. The Hall–Kier alpha value is -4.22. The molecular weight excluding hydrogens is 470 g/mol. The molecule has 1 saturated carbocycles. The Morgan fingerprint density at radius 3 is 2.29 bits per heavy atom. The number of benzene rings is 2. The van der Waals surface area contributed by atoms with Crippen LogP contribution in [0.3, 0.4) is 0 Å². The summed E-state index contributed by atoms with van der Waals surface area (Å²) in [5.41, 5.74) is -0.910. The molecule has 1 heterocycles. The molecule has 2 aromatic carbocycles. The number of alkyl halides is 2. The van der Waals surface area contributed by atoms with Crippen LogP contribution in [0.4, 0.5) is 39.5 Å². The third-order valence-corrected chi connectivity index (χ3v) is 4.94. The number of hydrogen-bond acceptors (Lipinski definition) is 5. The zero-order valence-electron chi connectivity index (χ0n) is 18.2. The molecule has 1 aliphatic rings. The van der Waals surface area contributed by atoms with Crippen LogP contribution in [-0.2, 0) is 10.7 Å². The molecule has 3 N–H and O–H groups in total. The highest BCUT2D eigenvalue weighted by Gasteiger charge is 2.30. The number of carbonyl (C=O) groups is 2. The maximum Gasteiger partial charge on any atom is 0.323 e. The number of nitrogens with one attached hydrogen (secondary N) is 3. The van der Waals surface area contributed by atoms with Crippen LogP contribution in [-0.4, -0.2) is 21.9 Å². The van der Waals surface area contributed by atoms with Crippen LogP contribution in [0.2, 0.25) is 0 Å². The Balaban J connectivity index is 1.39. The summed E-state index contributed by atoms with van der Waals surface area (Å²) in [6, 6.07) is 6.78. The van der Waals surface area contributed by atoms with Crippen LogP contribution in [0.1, 0.15) is 25.3 Å². The molecule has 4 rings (SSSR count). The number of amides is 3. The van der Waals surface area contributed by atoms with Gasteiger partial charge in [0.25, 0.3) is 5.92 Å². The fourth-order valence-corrected chi connectivity index (χ4v) is 3.04. The first-order valence-corrected chi connectivity index (χ1v) is 10.4. The van der Waals surface area contributed by atoms with Gasteiger partial charge >= 0.3 is 6.03 Å². The predicted octanol–water partition coefficient (Wildman–Crippen LogP) is 5.65. The van der Waals surface area contributed by atoms with E-state index >= 15 is 0 Å². The molecule has 0 bridgehead atoms. The van der Waals surface area contributed by atoms with Crippen molar-refractivity contribution in [2.75, 3.05) is 16.0 Å². The molecule has 1 aromatic heterocycles. The molecule has 0 radical (unpaired) electrons. The molecule has 12 heteroatoms. The second-order valence-corrected chi connectivity index (χ2v) is 7.91. The summed E-state index contributed by atoms with van der Waals surface area (Å²) in [7, 11) is 0. The van der Waals surface area contributed by atoms with Crippen molar-refractivity contribution in [1.82, 2.24) is 9.97 Å². The Morgan fingerprint density at radius 2 is 1.63 bits per heavy atom. The fourth-order valence-electron chi connectivity index (χ4n) is 3.04. The predicted molar refractivity (Wildman–Crippen MR) is 118 cm³/mol. The Kier molecular flexibility index (Phi) is 6.54. The van der Waals surface area contributed by atoms with E-state index in [4.69, 9.17) is 4.74 Å². The summed E-state index contributed by atoms with van der Waals surface area (Å²) in [5, 5.41) is 7.25. The molecule has 182 valence electrons. The van der Waals surface area contributed by atoms with E-state index in [2.05, 4.69) is 25.9 Å². The van der Waals surface area contributed by atoms with Gasteiger partial charge in [0.1, 0.15) is 18.0 Å². The number of urea groups is 1. The third kappa shape index (κ3) is 6.22. The third-order valence-electron chi connectivity index (χ3n) is 4.94.